The molecule has 1 heterocycles. The van der Waals surface area contributed by atoms with Gasteiger partial charge in [0.25, 0.3) is 5.91 Å². The molecular formula is C22H25NO3. The van der Waals surface area contributed by atoms with Crippen molar-refractivity contribution in [3.63, 3.8) is 0 Å². The molecule has 0 radical (unpaired) electrons. The summed E-state index contributed by atoms with van der Waals surface area (Å²) in [5.41, 5.74) is 2.77. The summed E-state index contributed by atoms with van der Waals surface area (Å²) < 4.78 is 11.4. The summed E-state index contributed by atoms with van der Waals surface area (Å²) in [6, 6.07) is 16.2. The van der Waals surface area contributed by atoms with Crippen LogP contribution in [0.3, 0.4) is 0 Å². The molecule has 0 spiro atoms. The number of methoxy groups -OCH3 is 1. The van der Waals surface area contributed by atoms with Crippen LogP contribution in [0, 0.1) is 0 Å². The lowest BCUT2D eigenvalue weighted by Crippen LogP contribution is -2.54. The Balaban J connectivity index is 1.68. The molecule has 0 N–H and O–H groups in total. The lowest BCUT2D eigenvalue weighted by Gasteiger charge is -2.43. The number of rotatable bonds is 3. The van der Waals surface area contributed by atoms with Gasteiger partial charge in [-0.3, -0.25) is 4.79 Å². The number of hydrogen-bond donors (Lipinski definition) is 0. The van der Waals surface area contributed by atoms with E-state index in [-0.39, 0.29) is 18.1 Å². The first-order valence-electron chi connectivity index (χ1n) is 9.44. The van der Waals surface area contributed by atoms with Crippen LogP contribution in [0.4, 0.5) is 0 Å². The molecule has 2 aromatic carbocycles. The van der Waals surface area contributed by atoms with Gasteiger partial charge in [0.15, 0.2) is 0 Å². The van der Waals surface area contributed by atoms with E-state index in [4.69, 9.17) is 9.47 Å². The van der Waals surface area contributed by atoms with Crippen LogP contribution in [0.2, 0.25) is 0 Å². The molecule has 1 amide bonds. The largest absolute Gasteiger partial charge is 0.496 e. The molecule has 4 rings (SSSR count). The Labute approximate surface area is 154 Å². The zero-order valence-electron chi connectivity index (χ0n) is 15.2. The van der Waals surface area contributed by atoms with Gasteiger partial charge in [0.2, 0.25) is 0 Å². The summed E-state index contributed by atoms with van der Waals surface area (Å²) in [5, 5.41) is 0. The molecule has 1 saturated heterocycles. The fraction of sp³-hybridized carbons (Fsp3) is 0.409. The molecule has 2 aliphatic rings. The Morgan fingerprint density at radius 1 is 1.08 bits per heavy atom. The first kappa shape index (κ1) is 17.1. The number of morpholine rings is 1. The number of nitrogens with zero attached hydrogens (tertiary/aromatic N) is 1. The van der Waals surface area contributed by atoms with Crippen LogP contribution in [-0.2, 0) is 4.74 Å². The molecule has 136 valence electrons. The number of benzene rings is 2. The zero-order chi connectivity index (χ0) is 17.9. The highest BCUT2D eigenvalue weighted by atomic mass is 16.5. The first-order valence-corrected chi connectivity index (χ1v) is 9.44. The van der Waals surface area contributed by atoms with Crippen molar-refractivity contribution < 1.29 is 14.3 Å². The average Bonchev–Trinajstić information content (AvgIpc) is 2.73. The van der Waals surface area contributed by atoms with Gasteiger partial charge in [-0.05, 0) is 36.1 Å². The van der Waals surface area contributed by atoms with Gasteiger partial charge in [-0.25, -0.2) is 0 Å². The molecule has 2 aromatic rings. The van der Waals surface area contributed by atoms with E-state index in [1.807, 2.05) is 41.3 Å². The van der Waals surface area contributed by atoms with Crippen molar-refractivity contribution in [2.24, 2.45) is 0 Å². The van der Waals surface area contributed by atoms with Gasteiger partial charge in [0.05, 0.1) is 31.4 Å². The van der Waals surface area contributed by atoms with E-state index in [1.165, 1.54) is 6.42 Å². The maximum Gasteiger partial charge on any atom is 0.258 e. The van der Waals surface area contributed by atoms with Crippen LogP contribution in [0.1, 0.15) is 36.0 Å². The summed E-state index contributed by atoms with van der Waals surface area (Å²) in [5.74, 6) is 0.688. The second kappa shape index (κ2) is 7.50. The minimum atomic E-state index is 0.0554. The fourth-order valence-electron chi connectivity index (χ4n) is 4.19. The number of hydrogen-bond acceptors (Lipinski definition) is 3. The highest BCUT2D eigenvalue weighted by Crippen LogP contribution is 2.32. The molecule has 1 saturated carbocycles. The molecule has 4 nitrogen and oxygen atoms in total. The number of ether oxygens (including phenoxy) is 2. The number of fused-ring (bicyclic) bond motifs is 1. The standard InChI is InChI=1S/C22H25NO3/c1-25-20-12-11-17(16-7-3-2-4-8-16)15-18(20)22(24)23-13-14-26-21-10-6-5-9-19(21)23/h2-4,7-8,11-12,15,19,21H,5-6,9-10,13-14H2,1H3. The number of carbonyl (C=O) groups is 1. The minimum absolute atomic E-state index is 0.0554. The molecule has 2 unspecified atom stereocenters. The Morgan fingerprint density at radius 2 is 1.88 bits per heavy atom. The predicted octanol–water partition coefficient (Wildman–Crippen LogP) is 4.15. The zero-order valence-corrected chi connectivity index (χ0v) is 15.2. The Bertz CT molecular complexity index is 772. The molecule has 0 bridgehead atoms. The lowest BCUT2D eigenvalue weighted by atomic mass is 9.89. The maximum atomic E-state index is 13.4. The minimum Gasteiger partial charge on any atom is -0.496 e. The molecule has 1 aliphatic carbocycles. The molecular weight excluding hydrogens is 326 g/mol. The lowest BCUT2D eigenvalue weighted by molar-refractivity contribution is -0.0753. The van der Waals surface area contributed by atoms with Crippen LogP contribution < -0.4 is 4.74 Å². The molecule has 0 aromatic heterocycles. The van der Waals surface area contributed by atoms with Gasteiger partial charge in [-0.2, -0.15) is 0 Å². The second-order valence-electron chi connectivity index (χ2n) is 7.04. The molecule has 2 atom stereocenters. The van der Waals surface area contributed by atoms with Gasteiger partial charge in [-0.1, -0.05) is 49.2 Å². The topological polar surface area (TPSA) is 38.8 Å². The van der Waals surface area contributed by atoms with E-state index < -0.39 is 0 Å². The van der Waals surface area contributed by atoms with Gasteiger partial charge in [0.1, 0.15) is 5.75 Å². The van der Waals surface area contributed by atoms with Crippen molar-refractivity contribution in [1.29, 1.82) is 0 Å². The highest BCUT2D eigenvalue weighted by Gasteiger charge is 2.37. The maximum absolute atomic E-state index is 13.4. The van der Waals surface area contributed by atoms with Crippen molar-refractivity contribution in [3.8, 4) is 16.9 Å². The number of carbonyl (C=O) groups excluding carboxylic acids is 1. The highest BCUT2D eigenvalue weighted by molar-refractivity contribution is 5.98. The summed E-state index contributed by atoms with van der Waals surface area (Å²) in [6.07, 6.45) is 4.61. The van der Waals surface area contributed by atoms with Gasteiger partial charge in [0, 0.05) is 6.54 Å². The quantitative estimate of drug-likeness (QED) is 0.834. The van der Waals surface area contributed by atoms with Crippen molar-refractivity contribution in [3.05, 3.63) is 54.1 Å². The van der Waals surface area contributed by atoms with Crippen molar-refractivity contribution in [1.82, 2.24) is 4.90 Å². The van der Waals surface area contributed by atoms with E-state index in [1.54, 1.807) is 7.11 Å². The van der Waals surface area contributed by atoms with Crippen LogP contribution >= 0.6 is 0 Å². The predicted molar refractivity (Wildman–Crippen MR) is 101 cm³/mol. The summed E-state index contributed by atoms with van der Waals surface area (Å²) in [6.45, 7) is 1.27. The van der Waals surface area contributed by atoms with Crippen molar-refractivity contribution in [2.75, 3.05) is 20.3 Å². The van der Waals surface area contributed by atoms with Gasteiger partial charge >= 0.3 is 0 Å². The molecule has 4 heteroatoms. The van der Waals surface area contributed by atoms with E-state index in [0.29, 0.717) is 24.5 Å². The first-order chi connectivity index (χ1) is 12.8. The van der Waals surface area contributed by atoms with Crippen LogP contribution in [0.5, 0.6) is 5.75 Å². The molecule has 1 aliphatic heterocycles. The van der Waals surface area contributed by atoms with Crippen molar-refractivity contribution in [2.45, 2.75) is 37.8 Å². The fourth-order valence-corrected chi connectivity index (χ4v) is 4.19. The van der Waals surface area contributed by atoms with Crippen molar-refractivity contribution >= 4 is 5.91 Å². The third-order valence-electron chi connectivity index (χ3n) is 5.53. The summed E-state index contributed by atoms with van der Waals surface area (Å²) >= 11 is 0. The van der Waals surface area contributed by atoms with Crippen LogP contribution in [-0.4, -0.2) is 43.2 Å². The third kappa shape index (κ3) is 3.21. The normalized spacial score (nSPS) is 22.6. The van der Waals surface area contributed by atoms with E-state index in [9.17, 15) is 4.79 Å². The van der Waals surface area contributed by atoms with Crippen LogP contribution in [0.25, 0.3) is 11.1 Å². The average molecular weight is 351 g/mol. The van der Waals surface area contributed by atoms with E-state index in [2.05, 4.69) is 12.1 Å². The van der Waals surface area contributed by atoms with E-state index in [0.717, 1.165) is 30.4 Å². The third-order valence-corrected chi connectivity index (χ3v) is 5.53. The Kier molecular flexibility index (Phi) is 4.93. The SMILES string of the molecule is COc1ccc(-c2ccccc2)cc1C(=O)N1CCOC2CCCCC21. The smallest absolute Gasteiger partial charge is 0.258 e. The summed E-state index contributed by atoms with van der Waals surface area (Å²) in [7, 11) is 1.62. The van der Waals surface area contributed by atoms with E-state index >= 15 is 0 Å². The number of amides is 1. The second-order valence-corrected chi connectivity index (χ2v) is 7.04. The molecule has 26 heavy (non-hydrogen) atoms. The van der Waals surface area contributed by atoms with Crippen LogP contribution in [0.15, 0.2) is 48.5 Å². The summed E-state index contributed by atoms with van der Waals surface area (Å²) in [4.78, 5) is 15.4. The molecule has 2 fully saturated rings. The Morgan fingerprint density at radius 3 is 2.69 bits per heavy atom. The Hall–Kier alpha value is -2.33. The monoisotopic (exact) mass is 351 g/mol. The van der Waals surface area contributed by atoms with Gasteiger partial charge in [-0.15, -0.1) is 0 Å². The van der Waals surface area contributed by atoms with Gasteiger partial charge < -0.3 is 14.4 Å².